The molecule has 1 aliphatic heterocycles. The number of halogens is 3. The molecule has 1 fully saturated rings. The molecule has 3 nitrogen and oxygen atoms in total. The van der Waals surface area contributed by atoms with Crippen molar-refractivity contribution in [3.63, 3.8) is 0 Å². The molecule has 0 spiro atoms. The molecule has 0 bridgehead atoms. The molecule has 0 aromatic carbocycles. The minimum Gasteiger partial charge on any atom is -0.329 e. The average Bonchev–Trinajstić information content (AvgIpc) is 2.37. The number of nitrogens with zero attached hydrogens (tertiary/aromatic N) is 2. The maximum Gasteiger partial charge on any atom is 0.389 e. The first-order valence-corrected chi connectivity index (χ1v) is 7.36. The quantitative estimate of drug-likeness (QED) is 0.817. The molecule has 0 amide bonds. The van der Waals surface area contributed by atoms with Gasteiger partial charge in [-0.25, -0.2) is 0 Å². The predicted octanol–water partition coefficient (Wildman–Crippen LogP) is 2.46. The van der Waals surface area contributed by atoms with E-state index in [4.69, 9.17) is 5.73 Å². The summed E-state index contributed by atoms with van der Waals surface area (Å²) in [5.41, 5.74) is 5.55. The van der Waals surface area contributed by atoms with E-state index in [0.29, 0.717) is 19.0 Å². The molecule has 1 saturated heterocycles. The van der Waals surface area contributed by atoms with Crippen LogP contribution in [0, 0.1) is 0 Å². The van der Waals surface area contributed by atoms with E-state index in [1.165, 1.54) is 0 Å². The van der Waals surface area contributed by atoms with Crippen molar-refractivity contribution in [2.75, 3.05) is 33.7 Å². The van der Waals surface area contributed by atoms with Crippen LogP contribution in [0.1, 0.15) is 39.0 Å². The molecule has 1 rings (SSSR count). The van der Waals surface area contributed by atoms with Crippen LogP contribution < -0.4 is 5.73 Å². The topological polar surface area (TPSA) is 32.5 Å². The first-order valence-electron chi connectivity index (χ1n) is 7.36. The Morgan fingerprint density at radius 3 is 2.40 bits per heavy atom. The maximum atomic E-state index is 12.3. The highest BCUT2D eigenvalue weighted by Crippen LogP contribution is 2.29. The van der Waals surface area contributed by atoms with Gasteiger partial charge in [0.25, 0.3) is 0 Å². The fraction of sp³-hybridized carbons (Fsp3) is 1.00. The van der Waals surface area contributed by atoms with Crippen molar-refractivity contribution >= 4 is 0 Å². The Bertz CT molecular complexity index is 294. The van der Waals surface area contributed by atoms with E-state index in [0.717, 1.165) is 25.9 Å². The van der Waals surface area contributed by atoms with Crippen molar-refractivity contribution in [1.29, 1.82) is 0 Å². The summed E-state index contributed by atoms with van der Waals surface area (Å²) in [7, 11) is 4.11. The summed E-state index contributed by atoms with van der Waals surface area (Å²) in [6.07, 6.45) is -1.90. The Kier molecular flexibility index (Phi) is 6.28. The minimum absolute atomic E-state index is 0.153. The van der Waals surface area contributed by atoms with Crippen LogP contribution in [0.4, 0.5) is 13.2 Å². The van der Waals surface area contributed by atoms with Gasteiger partial charge in [-0.2, -0.15) is 13.2 Å². The lowest BCUT2D eigenvalue weighted by molar-refractivity contribution is -0.137. The second-order valence-corrected chi connectivity index (χ2v) is 6.38. The summed E-state index contributed by atoms with van der Waals surface area (Å²) < 4.78 is 36.9. The van der Waals surface area contributed by atoms with Gasteiger partial charge < -0.3 is 10.6 Å². The molecule has 2 unspecified atom stereocenters. The third-order valence-corrected chi connectivity index (χ3v) is 4.51. The monoisotopic (exact) mass is 295 g/mol. The summed E-state index contributed by atoms with van der Waals surface area (Å²) in [4.78, 5) is 4.48. The zero-order valence-electron chi connectivity index (χ0n) is 12.8. The lowest BCUT2D eigenvalue weighted by atomic mass is 9.89. The zero-order chi connectivity index (χ0) is 15.4. The number of nitrogens with two attached hydrogens (primary N) is 1. The van der Waals surface area contributed by atoms with E-state index in [-0.39, 0.29) is 12.0 Å². The van der Waals surface area contributed by atoms with Crippen LogP contribution in [0.3, 0.4) is 0 Å². The van der Waals surface area contributed by atoms with Gasteiger partial charge in [0.1, 0.15) is 0 Å². The van der Waals surface area contributed by atoms with Crippen molar-refractivity contribution in [2.24, 2.45) is 5.73 Å². The smallest absolute Gasteiger partial charge is 0.329 e. The highest BCUT2D eigenvalue weighted by atomic mass is 19.4. The Hall–Kier alpha value is -0.330. The first-order chi connectivity index (χ1) is 9.18. The second kappa shape index (κ2) is 7.09. The Morgan fingerprint density at radius 2 is 1.90 bits per heavy atom. The van der Waals surface area contributed by atoms with Crippen LogP contribution in [0.5, 0.6) is 0 Å². The van der Waals surface area contributed by atoms with Crippen molar-refractivity contribution in [3.05, 3.63) is 0 Å². The maximum absolute atomic E-state index is 12.3. The van der Waals surface area contributed by atoms with Crippen molar-refractivity contribution in [1.82, 2.24) is 9.80 Å². The van der Waals surface area contributed by atoms with Gasteiger partial charge in [0.2, 0.25) is 0 Å². The predicted molar refractivity (Wildman–Crippen MR) is 75.6 cm³/mol. The van der Waals surface area contributed by atoms with E-state index >= 15 is 0 Å². The molecule has 0 aromatic rings. The molecule has 0 radical (unpaired) electrons. The molecule has 1 aliphatic rings. The molecule has 0 saturated carbocycles. The summed E-state index contributed by atoms with van der Waals surface area (Å²) in [6, 6.07) is 0.470. The van der Waals surface area contributed by atoms with E-state index in [1.807, 2.05) is 6.92 Å². The molecule has 20 heavy (non-hydrogen) atoms. The largest absolute Gasteiger partial charge is 0.389 e. The van der Waals surface area contributed by atoms with Gasteiger partial charge in [0, 0.05) is 31.1 Å². The fourth-order valence-corrected chi connectivity index (χ4v) is 2.93. The lowest BCUT2D eigenvalue weighted by Crippen LogP contribution is -2.58. The number of piperidine rings is 1. The normalized spacial score (nSPS) is 24.9. The summed E-state index contributed by atoms with van der Waals surface area (Å²) in [5.74, 6) is 0. The highest BCUT2D eigenvalue weighted by Gasteiger charge is 2.36. The number of likely N-dealkylation sites (tertiary alicyclic amines) is 1. The summed E-state index contributed by atoms with van der Waals surface area (Å²) in [5, 5.41) is 0. The standard InChI is InChI=1S/C14H28F3N3/c1-13(11-18,7-5-8-14(15,16)17)20-9-4-6-12(10-20)19(2)3/h12H,4-11,18H2,1-3H3. The first kappa shape index (κ1) is 17.7. The second-order valence-electron chi connectivity index (χ2n) is 6.38. The van der Waals surface area contributed by atoms with E-state index in [2.05, 4.69) is 23.9 Å². The van der Waals surface area contributed by atoms with Gasteiger partial charge >= 0.3 is 6.18 Å². The Balaban J connectivity index is 2.58. The molecule has 0 aliphatic carbocycles. The number of rotatable bonds is 6. The van der Waals surface area contributed by atoms with Crippen LogP contribution in [0.15, 0.2) is 0 Å². The Labute approximate surface area is 120 Å². The van der Waals surface area contributed by atoms with Gasteiger partial charge in [0.05, 0.1) is 0 Å². The number of alkyl halides is 3. The third kappa shape index (κ3) is 5.22. The van der Waals surface area contributed by atoms with E-state index in [1.54, 1.807) is 0 Å². The zero-order valence-corrected chi connectivity index (χ0v) is 12.8. The van der Waals surface area contributed by atoms with Crippen LogP contribution >= 0.6 is 0 Å². The average molecular weight is 295 g/mol. The lowest BCUT2D eigenvalue weighted by Gasteiger charge is -2.46. The van der Waals surface area contributed by atoms with Gasteiger partial charge in [-0.05, 0) is 53.2 Å². The number of hydrogen-bond donors (Lipinski definition) is 1. The van der Waals surface area contributed by atoms with E-state index in [9.17, 15) is 13.2 Å². The van der Waals surface area contributed by atoms with Gasteiger partial charge in [-0.1, -0.05) is 0 Å². The molecular formula is C14H28F3N3. The SMILES string of the molecule is CN(C)C1CCCN(C(C)(CN)CCCC(F)(F)F)C1. The van der Waals surface area contributed by atoms with Crippen molar-refractivity contribution in [2.45, 2.75) is 56.8 Å². The van der Waals surface area contributed by atoms with E-state index < -0.39 is 12.6 Å². The van der Waals surface area contributed by atoms with Gasteiger partial charge in [-0.3, -0.25) is 4.90 Å². The molecule has 2 atom stereocenters. The van der Waals surface area contributed by atoms with Gasteiger partial charge in [0.15, 0.2) is 0 Å². The van der Waals surface area contributed by atoms with Crippen LogP contribution in [-0.4, -0.2) is 61.3 Å². The molecular weight excluding hydrogens is 267 g/mol. The van der Waals surface area contributed by atoms with Crippen LogP contribution in [-0.2, 0) is 0 Å². The molecule has 6 heteroatoms. The molecule has 0 aromatic heterocycles. The Morgan fingerprint density at radius 1 is 1.25 bits per heavy atom. The van der Waals surface area contributed by atoms with Crippen molar-refractivity contribution < 1.29 is 13.2 Å². The summed E-state index contributed by atoms with van der Waals surface area (Å²) in [6.45, 7) is 4.24. The minimum atomic E-state index is -4.07. The fourth-order valence-electron chi connectivity index (χ4n) is 2.93. The molecule has 120 valence electrons. The third-order valence-electron chi connectivity index (χ3n) is 4.51. The number of hydrogen-bond acceptors (Lipinski definition) is 3. The van der Waals surface area contributed by atoms with Gasteiger partial charge in [-0.15, -0.1) is 0 Å². The summed E-state index contributed by atoms with van der Waals surface area (Å²) >= 11 is 0. The molecule has 2 N–H and O–H groups in total. The highest BCUT2D eigenvalue weighted by molar-refractivity contribution is 4.92. The molecule has 1 heterocycles. The van der Waals surface area contributed by atoms with Crippen LogP contribution in [0.25, 0.3) is 0 Å². The van der Waals surface area contributed by atoms with Crippen LogP contribution in [0.2, 0.25) is 0 Å². The number of likely N-dealkylation sites (N-methyl/N-ethyl adjacent to an activating group) is 1. The van der Waals surface area contributed by atoms with Crippen molar-refractivity contribution in [3.8, 4) is 0 Å².